The van der Waals surface area contributed by atoms with Crippen molar-refractivity contribution < 1.29 is 0 Å². The molecular formula is C19H17Cl2N3O. The van der Waals surface area contributed by atoms with E-state index in [0.717, 1.165) is 23.8 Å². The number of hydrogen-bond acceptors (Lipinski definition) is 3. The molecule has 0 aliphatic heterocycles. The highest BCUT2D eigenvalue weighted by atomic mass is 35.5. The second-order valence-electron chi connectivity index (χ2n) is 6.40. The molecule has 0 saturated heterocycles. The average Bonchev–Trinajstić information content (AvgIpc) is 3.45. The van der Waals surface area contributed by atoms with Gasteiger partial charge < -0.3 is 0 Å². The zero-order chi connectivity index (χ0) is 17.4. The summed E-state index contributed by atoms with van der Waals surface area (Å²) < 4.78 is 1.54. The molecule has 0 bridgehead atoms. The highest BCUT2D eigenvalue weighted by Gasteiger charge is 2.29. The molecule has 25 heavy (non-hydrogen) atoms. The van der Waals surface area contributed by atoms with Gasteiger partial charge in [0.15, 0.2) is 0 Å². The Balaban J connectivity index is 1.61. The van der Waals surface area contributed by atoms with E-state index in [4.69, 9.17) is 23.2 Å². The smallest absolute Gasteiger partial charge is 0.275 e. The fraction of sp³-hybridized carbons (Fsp3) is 0.263. The Morgan fingerprint density at radius 1 is 1.12 bits per heavy atom. The quantitative estimate of drug-likeness (QED) is 0.667. The maximum atomic E-state index is 12.7. The molecule has 0 spiro atoms. The molecule has 4 nitrogen and oxygen atoms in total. The molecule has 0 unspecified atom stereocenters. The first kappa shape index (κ1) is 16.6. The highest BCUT2D eigenvalue weighted by Crippen LogP contribution is 2.30. The minimum atomic E-state index is -0.0575. The lowest BCUT2D eigenvalue weighted by molar-refractivity contribution is 0.184. The average molecular weight is 374 g/mol. The highest BCUT2D eigenvalue weighted by molar-refractivity contribution is 6.42. The first-order valence-electron chi connectivity index (χ1n) is 8.24. The van der Waals surface area contributed by atoms with Gasteiger partial charge in [-0.25, -0.2) is 4.68 Å². The van der Waals surface area contributed by atoms with Crippen LogP contribution in [0.5, 0.6) is 0 Å². The van der Waals surface area contributed by atoms with Crippen LogP contribution in [0.4, 0.5) is 0 Å². The molecule has 0 amide bonds. The number of halogens is 2. The van der Waals surface area contributed by atoms with Gasteiger partial charge in [0.05, 0.1) is 28.3 Å². The fourth-order valence-electron chi connectivity index (χ4n) is 3.01. The lowest BCUT2D eigenvalue weighted by Gasteiger charge is -2.22. The fourth-order valence-corrected chi connectivity index (χ4v) is 3.33. The number of hydrogen-bond donors (Lipinski definition) is 0. The molecule has 2 aromatic carbocycles. The molecule has 1 fully saturated rings. The van der Waals surface area contributed by atoms with Gasteiger partial charge >= 0.3 is 0 Å². The molecule has 4 rings (SSSR count). The van der Waals surface area contributed by atoms with Crippen LogP contribution < -0.4 is 5.56 Å². The summed E-state index contributed by atoms with van der Waals surface area (Å²) >= 11 is 12.1. The topological polar surface area (TPSA) is 38.1 Å². The molecule has 1 heterocycles. The van der Waals surface area contributed by atoms with E-state index in [1.54, 1.807) is 6.20 Å². The second-order valence-corrected chi connectivity index (χ2v) is 7.22. The largest absolute Gasteiger partial charge is 0.277 e. The maximum absolute atomic E-state index is 12.7. The van der Waals surface area contributed by atoms with E-state index in [1.165, 1.54) is 4.68 Å². The van der Waals surface area contributed by atoms with Gasteiger partial charge in [-0.05, 0) is 36.6 Å². The van der Waals surface area contributed by atoms with Crippen LogP contribution in [0.2, 0.25) is 10.0 Å². The molecule has 1 saturated carbocycles. The van der Waals surface area contributed by atoms with E-state index in [0.29, 0.717) is 34.7 Å². The Morgan fingerprint density at radius 3 is 2.68 bits per heavy atom. The molecule has 6 heteroatoms. The van der Waals surface area contributed by atoms with Gasteiger partial charge in [-0.1, -0.05) is 47.5 Å². The minimum Gasteiger partial charge on any atom is -0.277 e. The predicted molar refractivity (Wildman–Crippen MR) is 101 cm³/mol. The zero-order valence-electron chi connectivity index (χ0n) is 13.5. The third kappa shape index (κ3) is 3.56. The SMILES string of the molecule is O=c1c2ccccc2cnn1CN(Cc1ccc(Cl)c(Cl)c1)C1CC1. The van der Waals surface area contributed by atoms with Gasteiger partial charge in [-0.15, -0.1) is 0 Å². The molecule has 1 aliphatic carbocycles. The van der Waals surface area contributed by atoms with Gasteiger partial charge in [0.25, 0.3) is 5.56 Å². The summed E-state index contributed by atoms with van der Waals surface area (Å²) in [4.78, 5) is 15.0. The van der Waals surface area contributed by atoms with E-state index < -0.39 is 0 Å². The minimum absolute atomic E-state index is 0.0575. The van der Waals surface area contributed by atoms with E-state index >= 15 is 0 Å². The van der Waals surface area contributed by atoms with Gasteiger partial charge in [0, 0.05) is 18.0 Å². The van der Waals surface area contributed by atoms with Crippen LogP contribution in [0.3, 0.4) is 0 Å². The summed E-state index contributed by atoms with van der Waals surface area (Å²) in [6.45, 7) is 1.18. The van der Waals surface area contributed by atoms with Gasteiger partial charge in [0.2, 0.25) is 0 Å². The summed E-state index contributed by atoms with van der Waals surface area (Å²) in [5.41, 5.74) is 1.02. The molecule has 0 N–H and O–H groups in total. The standard InChI is InChI=1S/C19H17Cl2N3O/c20-17-8-5-13(9-18(17)21)11-23(15-6-7-15)12-24-19(25)16-4-2-1-3-14(16)10-22-24/h1-5,8-10,15H,6-7,11-12H2. The normalized spacial score (nSPS) is 14.4. The number of aromatic nitrogens is 2. The molecule has 0 atom stereocenters. The first-order chi connectivity index (χ1) is 12.1. The third-order valence-electron chi connectivity index (χ3n) is 4.51. The molecule has 1 aliphatic rings. The molecule has 0 radical (unpaired) electrons. The van der Waals surface area contributed by atoms with Crippen molar-refractivity contribution in [1.82, 2.24) is 14.7 Å². The van der Waals surface area contributed by atoms with Crippen LogP contribution in [-0.4, -0.2) is 20.7 Å². The maximum Gasteiger partial charge on any atom is 0.275 e. The predicted octanol–water partition coefficient (Wildman–Crippen LogP) is 4.33. The van der Waals surface area contributed by atoms with Crippen LogP contribution in [0.15, 0.2) is 53.5 Å². The van der Waals surface area contributed by atoms with E-state index in [-0.39, 0.29) is 5.56 Å². The number of fused-ring (bicyclic) bond motifs is 1. The Hall–Kier alpha value is -1.88. The second kappa shape index (κ2) is 6.79. The van der Waals surface area contributed by atoms with Gasteiger partial charge in [-0.3, -0.25) is 9.69 Å². The van der Waals surface area contributed by atoms with Crippen molar-refractivity contribution in [2.75, 3.05) is 0 Å². The zero-order valence-corrected chi connectivity index (χ0v) is 15.0. The summed E-state index contributed by atoms with van der Waals surface area (Å²) in [6, 6.07) is 13.7. The Bertz CT molecular complexity index is 982. The summed E-state index contributed by atoms with van der Waals surface area (Å²) in [5, 5.41) is 7.01. The summed E-state index contributed by atoms with van der Waals surface area (Å²) in [5.74, 6) is 0. The molecule has 128 valence electrons. The van der Waals surface area contributed by atoms with Crippen molar-refractivity contribution in [3.63, 3.8) is 0 Å². The van der Waals surface area contributed by atoms with Crippen molar-refractivity contribution >= 4 is 34.0 Å². The van der Waals surface area contributed by atoms with Crippen LogP contribution in [0, 0.1) is 0 Å². The van der Waals surface area contributed by atoms with Crippen molar-refractivity contribution in [2.45, 2.75) is 32.1 Å². The Morgan fingerprint density at radius 2 is 1.92 bits per heavy atom. The third-order valence-corrected chi connectivity index (χ3v) is 5.25. The van der Waals surface area contributed by atoms with Crippen LogP contribution in [0.25, 0.3) is 10.8 Å². The van der Waals surface area contributed by atoms with Crippen LogP contribution in [-0.2, 0) is 13.2 Å². The van der Waals surface area contributed by atoms with E-state index in [9.17, 15) is 4.79 Å². The van der Waals surface area contributed by atoms with Crippen molar-refractivity contribution in [2.24, 2.45) is 0 Å². The lowest BCUT2D eigenvalue weighted by Crippen LogP contribution is -2.34. The summed E-state index contributed by atoms with van der Waals surface area (Å²) in [6.07, 6.45) is 4.04. The van der Waals surface area contributed by atoms with Crippen molar-refractivity contribution in [1.29, 1.82) is 0 Å². The molecular weight excluding hydrogens is 357 g/mol. The molecule has 1 aromatic heterocycles. The summed E-state index contributed by atoms with van der Waals surface area (Å²) in [7, 11) is 0. The Kier molecular flexibility index (Phi) is 4.50. The number of nitrogens with zero attached hydrogens (tertiary/aromatic N) is 3. The first-order valence-corrected chi connectivity index (χ1v) is 9.00. The van der Waals surface area contributed by atoms with Crippen molar-refractivity contribution in [3.8, 4) is 0 Å². The number of benzene rings is 2. The van der Waals surface area contributed by atoms with Gasteiger partial charge in [-0.2, -0.15) is 5.10 Å². The van der Waals surface area contributed by atoms with Crippen LogP contribution in [0.1, 0.15) is 18.4 Å². The van der Waals surface area contributed by atoms with Crippen LogP contribution >= 0.6 is 23.2 Å². The lowest BCUT2D eigenvalue weighted by atomic mass is 10.2. The van der Waals surface area contributed by atoms with E-state index in [1.807, 2.05) is 42.5 Å². The van der Waals surface area contributed by atoms with Gasteiger partial charge in [0.1, 0.15) is 0 Å². The monoisotopic (exact) mass is 373 g/mol. The van der Waals surface area contributed by atoms with E-state index in [2.05, 4.69) is 10.00 Å². The number of rotatable bonds is 5. The Labute approximate surface area is 155 Å². The van der Waals surface area contributed by atoms with Crippen molar-refractivity contribution in [3.05, 3.63) is 74.6 Å². The molecule has 3 aromatic rings.